The highest BCUT2D eigenvalue weighted by Crippen LogP contribution is 2.49. The Kier molecular flexibility index (Phi) is 5.50. The predicted molar refractivity (Wildman–Crippen MR) is 136 cm³/mol. The molecule has 0 aliphatic carbocycles. The van der Waals surface area contributed by atoms with Crippen molar-refractivity contribution >= 4 is 17.2 Å². The SMILES string of the molecule is CCC1C=CC2N(c3ccccc3C1CC)c1nc(-c3ccccc3)ccc1N2C(C)C. The van der Waals surface area contributed by atoms with Crippen LogP contribution in [0.2, 0.25) is 0 Å². The van der Waals surface area contributed by atoms with Crippen molar-refractivity contribution in [3.63, 3.8) is 0 Å². The highest BCUT2D eigenvalue weighted by Gasteiger charge is 2.41. The number of allylic oxidation sites excluding steroid dienone is 1. The minimum atomic E-state index is 0.136. The molecule has 3 aromatic rings. The molecule has 2 aliphatic heterocycles. The van der Waals surface area contributed by atoms with Gasteiger partial charge in [-0.25, -0.2) is 4.98 Å². The molecular formula is C29H33N3. The molecule has 0 amide bonds. The van der Waals surface area contributed by atoms with Crippen molar-refractivity contribution in [2.45, 2.75) is 58.7 Å². The van der Waals surface area contributed by atoms with Crippen molar-refractivity contribution in [3.05, 3.63) is 84.4 Å². The van der Waals surface area contributed by atoms with E-state index in [4.69, 9.17) is 4.98 Å². The standard InChI is InChI=1S/C29H33N3/c1-5-21-16-19-28-31(20(3)4)27-18-17-25(22-12-8-7-9-13-22)30-29(27)32(28)26-15-11-10-14-24(26)23(21)6-2/h7-21,23,28H,5-6H2,1-4H3. The summed E-state index contributed by atoms with van der Waals surface area (Å²) in [6.45, 7) is 9.20. The molecule has 3 nitrogen and oxygen atoms in total. The minimum Gasteiger partial charge on any atom is -0.342 e. The molecule has 0 N–H and O–H groups in total. The molecule has 0 fully saturated rings. The molecule has 2 aromatic carbocycles. The molecule has 0 saturated heterocycles. The lowest BCUT2D eigenvalue weighted by Gasteiger charge is -2.38. The van der Waals surface area contributed by atoms with Gasteiger partial charge in [0.1, 0.15) is 6.17 Å². The highest BCUT2D eigenvalue weighted by molar-refractivity contribution is 5.85. The molecule has 3 atom stereocenters. The first-order valence-corrected chi connectivity index (χ1v) is 12.0. The van der Waals surface area contributed by atoms with E-state index in [1.54, 1.807) is 0 Å². The third-order valence-electron chi connectivity index (χ3n) is 7.09. The number of para-hydroxylation sites is 1. The zero-order chi connectivity index (χ0) is 22.2. The van der Waals surface area contributed by atoms with Crippen molar-refractivity contribution < 1.29 is 0 Å². The maximum absolute atomic E-state index is 5.25. The average Bonchev–Trinajstić information content (AvgIpc) is 3.14. The van der Waals surface area contributed by atoms with Crippen LogP contribution in [-0.4, -0.2) is 17.2 Å². The van der Waals surface area contributed by atoms with Crippen LogP contribution in [0.5, 0.6) is 0 Å². The Bertz CT molecular complexity index is 1120. The molecule has 0 spiro atoms. The van der Waals surface area contributed by atoms with E-state index >= 15 is 0 Å². The second-order valence-electron chi connectivity index (χ2n) is 9.22. The van der Waals surface area contributed by atoms with Gasteiger partial charge in [-0.05, 0) is 68.4 Å². The monoisotopic (exact) mass is 423 g/mol. The fraction of sp³-hybridized carbons (Fsp3) is 0.345. The smallest absolute Gasteiger partial charge is 0.159 e. The predicted octanol–water partition coefficient (Wildman–Crippen LogP) is 7.53. The van der Waals surface area contributed by atoms with E-state index in [1.165, 1.54) is 16.9 Å². The summed E-state index contributed by atoms with van der Waals surface area (Å²) in [5.41, 5.74) is 6.14. The first-order chi connectivity index (χ1) is 15.6. The number of pyridine rings is 1. The fourth-order valence-corrected chi connectivity index (χ4v) is 5.57. The van der Waals surface area contributed by atoms with Gasteiger partial charge in [-0.1, -0.05) is 68.5 Å². The van der Waals surface area contributed by atoms with Crippen LogP contribution < -0.4 is 9.80 Å². The molecule has 164 valence electrons. The average molecular weight is 424 g/mol. The number of rotatable bonds is 4. The molecule has 0 saturated carbocycles. The van der Waals surface area contributed by atoms with Crippen molar-refractivity contribution in [1.29, 1.82) is 0 Å². The van der Waals surface area contributed by atoms with Crippen LogP contribution in [-0.2, 0) is 0 Å². The topological polar surface area (TPSA) is 19.4 Å². The summed E-state index contributed by atoms with van der Waals surface area (Å²) in [5.74, 6) is 2.13. The number of hydrogen-bond donors (Lipinski definition) is 0. The number of anilines is 3. The van der Waals surface area contributed by atoms with Gasteiger partial charge in [-0.2, -0.15) is 0 Å². The second kappa shape index (κ2) is 8.46. The van der Waals surface area contributed by atoms with E-state index in [9.17, 15) is 0 Å². The Morgan fingerprint density at radius 1 is 0.812 bits per heavy atom. The van der Waals surface area contributed by atoms with E-state index < -0.39 is 0 Å². The third-order valence-corrected chi connectivity index (χ3v) is 7.09. The van der Waals surface area contributed by atoms with E-state index in [1.807, 2.05) is 0 Å². The lowest BCUT2D eigenvalue weighted by molar-refractivity contribution is 0.472. The van der Waals surface area contributed by atoms with Gasteiger partial charge in [0.25, 0.3) is 0 Å². The molecular weight excluding hydrogens is 390 g/mol. The van der Waals surface area contributed by atoms with Gasteiger partial charge in [-0.3, -0.25) is 4.90 Å². The van der Waals surface area contributed by atoms with Crippen LogP contribution >= 0.6 is 0 Å². The van der Waals surface area contributed by atoms with Crippen molar-refractivity contribution in [1.82, 2.24) is 4.98 Å². The van der Waals surface area contributed by atoms with Crippen LogP contribution in [0.4, 0.5) is 17.2 Å². The lowest BCUT2D eigenvalue weighted by Crippen LogP contribution is -2.44. The maximum atomic E-state index is 5.25. The number of aromatic nitrogens is 1. The van der Waals surface area contributed by atoms with Crippen molar-refractivity contribution in [2.24, 2.45) is 5.92 Å². The first kappa shape index (κ1) is 20.8. The summed E-state index contributed by atoms with van der Waals surface area (Å²) < 4.78 is 0. The maximum Gasteiger partial charge on any atom is 0.159 e. The molecule has 2 aliphatic rings. The van der Waals surface area contributed by atoms with Crippen LogP contribution in [0.1, 0.15) is 52.0 Å². The van der Waals surface area contributed by atoms with Gasteiger partial charge < -0.3 is 4.90 Å². The molecule has 3 unspecified atom stereocenters. The van der Waals surface area contributed by atoms with Gasteiger partial charge >= 0.3 is 0 Å². The van der Waals surface area contributed by atoms with E-state index in [-0.39, 0.29) is 6.17 Å². The molecule has 1 aromatic heterocycles. The van der Waals surface area contributed by atoms with Gasteiger partial charge in [0.05, 0.1) is 11.4 Å². The summed E-state index contributed by atoms with van der Waals surface area (Å²) >= 11 is 0. The van der Waals surface area contributed by atoms with Crippen LogP contribution in [0, 0.1) is 5.92 Å². The fourth-order valence-electron chi connectivity index (χ4n) is 5.57. The van der Waals surface area contributed by atoms with Crippen LogP contribution in [0.15, 0.2) is 78.9 Å². The van der Waals surface area contributed by atoms with Crippen LogP contribution in [0.25, 0.3) is 11.3 Å². The summed E-state index contributed by atoms with van der Waals surface area (Å²) in [5, 5.41) is 0. The number of hydrogen-bond acceptors (Lipinski definition) is 3. The third kappa shape index (κ3) is 3.31. The van der Waals surface area contributed by atoms with E-state index in [0.717, 1.165) is 29.9 Å². The number of nitrogens with zero attached hydrogens (tertiary/aromatic N) is 3. The number of benzene rings is 2. The summed E-state index contributed by atoms with van der Waals surface area (Å²) in [7, 11) is 0. The zero-order valence-corrected chi connectivity index (χ0v) is 19.6. The Hall–Kier alpha value is -3.07. The molecule has 32 heavy (non-hydrogen) atoms. The molecule has 0 bridgehead atoms. The van der Waals surface area contributed by atoms with Crippen molar-refractivity contribution in [2.75, 3.05) is 9.80 Å². The van der Waals surface area contributed by atoms with Gasteiger partial charge in [0.2, 0.25) is 0 Å². The molecule has 3 heterocycles. The Morgan fingerprint density at radius 3 is 2.28 bits per heavy atom. The first-order valence-electron chi connectivity index (χ1n) is 12.0. The Labute approximate surface area is 192 Å². The second-order valence-corrected chi connectivity index (χ2v) is 9.22. The normalized spacial score (nSPS) is 21.7. The molecule has 0 radical (unpaired) electrons. The quantitative estimate of drug-likeness (QED) is 0.404. The van der Waals surface area contributed by atoms with Gasteiger partial charge in [-0.15, -0.1) is 0 Å². The lowest BCUT2D eigenvalue weighted by atomic mass is 9.80. The Morgan fingerprint density at radius 2 is 1.56 bits per heavy atom. The summed E-state index contributed by atoms with van der Waals surface area (Å²) in [6.07, 6.45) is 7.33. The number of fused-ring (bicyclic) bond motifs is 5. The van der Waals surface area contributed by atoms with Gasteiger partial charge in [0, 0.05) is 17.3 Å². The minimum absolute atomic E-state index is 0.136. The summed E-state index contributed by atoms with van der Waals surface area (Å²) in [4.78, 5) is 10.2. The largest absolute Gasteiger partial charge is 0.342 e. The van der Waals surface area contributed by atoms with Crippen molar-refractivity contribution in [3.8, 4) is 11.3 Å². The van der Waals surface area contributed by atoms with E-state index in [0.29, 0.717) is 17.9 Å². The van der Waals surface area contributed by atoms with Crippen LogP contribution in [0.3, 0.4) is 0 Å². The molecule has 3 heteroatoms. The van der Waals surface area contributed by atoms with E-state index in [2.05, 4.69) is 116 Å². The van der Waals surface area contributed by atoms with Gasteiger partial charge in [0.15, 0.2) is 5.82 Å². The Balaban J connectivity index is 1.74. The zero-order valence-electron chi connectivity index (χ0n) is 19.6. The highest BCUT2D eigenvalue weighted by atomic mass is 15.4. The summed E-state index contributed by atoms with van der Waals surface area (Å²) in [6, 6.07) is 24.3. The molecule has 5 rings (SSSR count).